The molecule has 0 unspecified atom stereocenters. The molecule has 0 spiro atoms. The Bertz CT molecular complexity index is 929. The van der Waals surface area contributed by atoms with Gasteiger partial charge >= 0.3 is 0 Å². The van der Waals surface area contributed by atoms with Crippen molar-refractivity contribution >= 4 is 21.9 Å². The molecule has 0 saturated heterocycles. The lowest BCUT2D eigenvalue weighted by molar-refractivity contribution is 0.267. The maximum absolute atomic E-state index is 6.07. The fourth-order valence-corrected chi connectivity index (χ4v) is 3.41. The first-order chi connectivity index (χ1) is 13.6. The van der Waals surface area contributed by atoms with Crippen LogP contribution in [0.15, 0.2) is 40.9 Å². The topological polar surface area (TPSA) is 74.1 Å². The van der Waals surface area contributed by atoms with Crippen LogP contribution in [0, 0.1) is 6.92 Å². The number of anilines is 1. The Morgan fingerprint density at radius 1 is 1.11 bits per heavy atom. The number of hydrogen-bond donors (Lipinski definition) is 1. The lowest BCUT2D eigenvalue weighted by atomic mass is 10.1. The van der Waals surface area contributed by atoms with E-state index in [0.29, 0.717) is 43.8 Å². The molecule has 28 heavy (non-hydrogen) atoms. The number of nitrogens with zero attached hydrogens (tertiary/aromatic N) is 4. The molecule has 0 atom stereocenters. The molecule has 1 aromatic heterocycles. The summed E-state index contributed by atoms with van der Waals surface area (Å²) in [6, 6.07) is 12.3. The average Bonchev–Trinajstić information content (AvgIpc) is 3.13. The molecule has 0 bridgehead atoms. The van der Waals surface area contributed by atoms with Crippen LogP contribution in [-0.4, -0.2) is 26.8 Å². The van der Waals surface area contributed by atoms with Crippen molar-refractivity contribution in [3.8, 4) is 11.5 Å². The summed E-state index contributed by atoms with van der Waals surface area (Å²) in [5.41, 5.74) is 3.36. The van der Waals surface area contributed by atoms with Gasteiger partial charge in [0.15, 0.2) is 11.5 Å². The summed E-state index contributed by atoms with van der Waals surface area (Å²) in [5.74, 6) is 2.04. The van der Waals surface area contributed by atoms with Crippen LogP contribution in [0.4, 0.5) is 5.95 Å². The molecule has 0 radical (unpaired) electrons. The minimum Gasteiger partial charge on any atom is -0.490 e. The van der Waals surface area contributed by atoms with E-state index in [9.17, 15) is 0 Å². The molecule has 0 saturated carbocycles. The molecule has 7 nitrogen and oxygen atoms in total. The standard InChI is InChI=1S/C20H24BrN5O2/c1-4-26-20(23-24-25-26)22-12-16-10-17(21)19(18(11-16)27-5-2)28-13-15-8-6-7-14(3)9-15/h6-11H,4-5,12-13H2,1-3H3,(H,22,23,25). The summed E-state index contributed by atoms with van der Waals surface area (Å²) in [6.45, 7) is 8.32. The van der Waals surface area contributed by atoms with E-state index in [1.54, 1.807) is 4.68 Å². The van der Waals surface area contributed by atoms with Crippen LogP contribution in [0.1, 0.15) is 30.5 Å². The van der Waals surface area contributed by atoms with Gasteiger partial charge in [-0.25, -0.2) is 4.68 Å². The van der Waals surface area contributed by atoms with Gasteiger partial charge in [-0.05, 0) is 70.4 Å². The van der Waals surface area contributed by atoms with E-state index in [1.807, 2.05) is 32.0 Å². The number of benzene rings is 2. The molecular formula is C20H24BrN5O2. The summed E-state index contributed by atoms with van der Waals surface area (Å²) >= 11 is 3.62. The van der Waals surface area contributed by atoms with E-state index >= 15 is 0 Å². The van der Waals surface area contributed by atoms with E-state index in [4.69, 9.17) is 9.47 Å². The normalized spacial score (nSPS) is 10.7. The number of hydrogen-bond acceptors (Lipinski definition) is 6. The predicted octanol–water partition coefficient (Wildman–Crippen LogP) is 4.35. The molecule has 0 aliphatic rings. The second-order valence-electron chi connectivity index (χ2n) is 6.29. The van der Waals surface area contributed by atoms with Crippen LogP contribution in [0.5, 0.6) is 11.5 Å². The van der Waals surface area contributed by atoms with Crippen LogP contribution in [0.2, 0.25) is 0 Å². The second-order valence-corrected chi connectivity index (χ2v) is 7.14. The molecule has 8 heteroatoms. The molecule has 2 aromatic carbocycles. The van der Waals surface area contributed by atoms with E-state index in [1.165, 1.54) is 5.56 Å². The van der Waals surface area contributed by atoms with Gasteiger partial charge in [0.1, 0.15) is 6.61 Å². The fraction of sp³-hybridized carbons (Fsp3) is 0.350. The van der Waals surface area contributed by atoms with Crippen molar-refractivity contribution in [3.05, 3.63) is 57.6 Å². The first-order valence-corrected chi connectivity index (χ1v) is 10.0. The molecule has 0 amide bonds. The zero-order valence-corrected chi connectivity index (χ0v) is 17.9. The van der Waals surface area contributed by atoms with E-state index in [-0.39, 0.29) is 0 Å². The lowest BCUT2D eigenvalue weighted by Gasteiger charge is -2.16. The maximum atomic E-state index is 6.07. The third kappa shape index (κ3) is 5.01. The number of ether oxygens (including phenoxy) is 2. The highest BCUT2D eigenvalue weighted by Gasteiger charge is 2.13. The highest BCUT2D eigenvalue weighted by atomic mass is 79.9. The molecule has 148 valence electrons. The fourth-order valence-electron chi connectivity index (χ4n) is 2.81. The van der Waals surface area contributed by atoms with Gasteiger partial charge in [-0.3, -0.25) is 0 Å². The van der Waals surface area contributed by atoms with Crippen molar-refractivity contribution < 1.29 is 9.47 Å². The number of aromatic nitrogens is 4. The van der Waals surface area contributed by atoms with Crippen molar-refractivity contribution in [3.63, 3.8) is 0 Å². The Kier molecular flexibility index (Phi) is 6.86. The number of rotatable bonds is 9. The minimum atomic E-state index is 0.475. The summed E-state index contributed by atoms with van der Waals surface area (Å²) in [7, 11) is 0. The number of aryl methyl sites for hydroxylation is 2. The van der Waals surface area contributed by atoms with Gasteiger partial charge in [0.2, 0.25) is 5.95 Å². The van der Waals surface area contributed by atoms with E-state index < -0.39 is 0 Å². The van der Waals surface area contributed by atoms with Crippen molar-refractivity contribution in [2.24, 2.45) is 0 Å². The molecule has 0 aliphatic heterocycles. The third-order valence-electron chi connectivity index (χ3n) is 4.12. The largest absolute Gasteiger partial charge is 0.490 e. The highest BCUT2D eigenvalue weighted by molar-refractivity contribution is 9.10. The van der Waals surface area contributed by atoms with Gasteiger partial charge in [0.25, 0.3) is 0 Å². The predicted molar refractivity (Wildman–Crippen MR) is 112 cm³/mol. The van der Waals surface area contributed by atoms with Gasteiger partial charge < -0.3 is 14.8 Å². The van der Waals surface area contributed by atoms with Crippen molar-refractivity contribution in [2.45, 2.75) is 40.5 Å². The van der Waals surface area contributed by atoms with E-state index in [0.717, 1.165) is 15.6 Å². The Morgan fingerprint density at radius 2 is 1.96 bits per heavy atom. The molecule has 0 aliphatic carbocycles. The maximum Gasteiger partial charge on any atom is 0.243 e. The quantitative estimate of drug-likeness (QED) is 0.527. The molecule has 1 N–H and O–H groups in total. The van der Waals surface area contributed by atoms with Gasteiger partial charge in [-0.2, -0.15) is 0 Å². The Morgan fingerprint density at radius 3 is 2.71 bits per heavy atom. The smallest absolute Gasteiger partial charge is 0.243 e. The second kappa shape index (κ2) is 9.54. The van der Waals surface area contributed by atoms with E-state index in [2.05, 4.69) is 61.9 Å². The SMILES string of the molecule is CCOc1cc(CNc2nnnn2CC)cc(Br)c1OCc1cccc(C)c1. The first-order valence-electron chi connectivity index (χ1n) is 9.24. The van der Waals surface area contributed by atoms with Crippen LogP contribution in [-0.2, 0) is 19.7 Å². The molecule has 3 aromatic rings. The van der Waals surface area contributed by atoms with Crippen molar-refractivity contribution in [1.29, 1.82) is 0 Å². The summed E-state index contributed by atoms with van der Waals surface area (Å²) in [4.78, 5) is 0. The zero-order chi connectivity index (χ0) is 19.9. The summed E-state index contributed by atoms with van der Waals surface area (Å²) in [6.07, 6.45) is 0. The Labute approximate surface area is 173 Å². The lowest BCUT2D eigenvalue weighted by Crippen LogP contribution is -2.08. The summed E-state index contributed by atoms with van der Waals surface area (Å²) in [5, 5.41) is 14.9. The number of halogens is 1. The highest BCUT2D eigenvalue weighted by Crippen LogP contribution is 2.37. The third-order valence-corrected chi connectivity index (χ3v) is 4.71. The van der Waals surface area contributed by atoms with Crippen molar-refractivity contribution in [1.82, 2.24) is 20.2 Å². The van der Waals surface area contributed by atoms with Gasteiger partial charge in [0.05, 0.1) is 11.1 Å². The summed E-state index contributed by atoms with van der Waals surface area (Å²) < 4.78 is 14.5. The zero-order valence-electron chi connectivity index (χ0n) is 16.3. The number of tetrazole rings is 1. The van der Waals surface area contributed by atoms with Crippen LogP contribution in [0.25, 0.3) is 0 Å². The molecular weight excluding hydrogens is 422 g/mol. The first kappa shape index (κ1) is 20.1. The average molecular weight is 446 g/mol. The monoisotopic (exact) mass is 445 g/mol. The Hall–Kier alpha value is -2.61. The van der Waals surface area contributed by atoms with Gasteiger partial charge in [-0.1, -0.05) is 34.9 Å². The molecule has 0 fully saturated rings. The van der Waals surface area contributed by atoms with Gasteiger partial charge in [0, 0.05) is 13.1 Å². The Balaban J connectivity index is 1.75. The molecule has 3 rings (SSSR count). The van der Waals surface area contributed by atoms with Gasteiger partial charge in [-0.15, -0.1) is 0 Å². The molecule has 1 heterocycles. The van der Waals surface area contributed by atoms with Crippen LogP contribution < -0.4 is 14.8 Å². The van der Waals surface area contributed by atoms with Crippen LogP contribution >= 0.6 is 15.9 Å². The van der Waals surface area contributed by atoms with Crippen molar-refractivity contribution in [2.75, 3.05) is 11.9 Å². The van der Waals surface area contributed by atoms with Crippen LogP contribution in [0.3, 0.4) is 0 Å². The number of nitrogens with one attached hydrogen (secondary N) is 1. The minimum absolute atomic E-state index is 0.475.